The lowest BCUT2D eigenvalue weighted by atomic mass is 10.1. The van der Waals surface area contributed by atoms with E-state index in [-0.39, 0.29) is 29.8 Å². The Morgan fingerprint density at radius 2 is 2.12 bits per heavy atom. The van der Waals surface area contributed by atoms with Gasteiger partial charge in [-0.3, -0.25) is 4.79 Å². The maximum absolute atomic E-state index is 12.1. The highest BCUT2D eigenvalue weighted by molar-refractivity contribution is 7.91. The van der Waals surface area contributed by atoms with Crippen molar-refractivity contribution in [3.63, 3.8) is 0 Å². The van der Waals surface area contributed by atoms with Crippen LogP contribution in [0.1, 0.15) is 12.8 Å². The smallest absolute Gasteiger partial charge is 0.226 e. The number of carbonyl (C=O) groups is 1. The lowest BCUT2D eigenvalue weighted by molar-refractivity contribution is -0.116. The summed E-state index contributed by atoms with van der Waals surface area (Å²) in [6, 6.07) is 7.52. The van der Waals surface area contributed by atoms with E-state index in [1.165, 1.54) is 11.3 Å². The summed E-state index contributed by atoms with van der Waals surface area (Å²) in [6.07, 6.45) is 0.779. The summed E-state index contributed by atoms with van der Waals surface area (Å²) in [5.74, 6) is 0.789. The molecule has 3 rings (SSSR count). The van der Waals surface area contributed by atoms with Crippen molar-refractivity contribution in [1.82, 2.24) is 4.98 Å². The second-order valence-corrected chi connectivity index (χ2v) is 8.87. The molecule has 0 radical (unpaired) electrons. The van der Waals surface area contributed by atoms with Crippen LogP contribution in [0.25, 0.3) is 11.3 Å². The van der Waals surface area contributed by atoms with Gasteiger partial charge in [0.15, 0.2) is 15.0 Å². The summed E-state index contributed by atoms with van der Waals surface area (Å²) in [6.45, 7) is 0. The zero-order valence-corrected chi connectivity index (χ0v) is 14.8. The number of nitrogens with one attached hydrogen (secondary N) is 1. The van der Waals surface area contributed by atoms with Gasteiger partial charge in [0.2, 0.25) is 5.91 Å². The molecule has 0 saturated carbocycles. The average molecular weight is 366 g/mol. The number of amides is 1. The first-order chi connectivity index (χ1) is 11.4. The largest absolute Gasteiger partial charge is 0.497 e. The second kappa shape index (κ2) is 6.90. The first-order valence-corrected chi connectivity index (χ1v) is 10.3. The molecule has 6 nitrogen and oxygen atoms in total. The van der Waals surface area contributed by atoms with Gasteiger partial charge in [-0.1, -0.05) is 0 Å². The molecule has 1 aliphatic rings. The fourth-order valence-electron chi connectivity index (χ4n) is 2.69. The fraction of sp³-hybridized carbons (Fsp3) is 0.375. The molecule has 1 amide bonds. The molecular weight excluding hydrogens is 348 g/mol. The summed E-state index contributed by atoms with van der Waals surface area (Å²) >= 11 is 1.35. The molecule has 0 spiro atoms. The highest BCUT2D eigenvalue weighted by Crippen LogP contribution is 2.27. The van der Waals surface area contributed by atoms with Gasteiger partial charge in [0.1, 0.15) is 5.75 Å². The third kappa shape index (κ3) is 4.12. The molecule has 1 aromatic carbocycles. The molecule has 1 aromatic heterocycles. The Labute approximate surface area is 144 Å². The first kappa shape index (κ1) is 16.9. The van der Waals surface area contributed by atoms with Gasteiger partial charge in [0, 0.05) is 17.4 Å². The van der Waals surface area contributed by atoms with Crippen LogP contribution in [0.3, 0.4) is 0 Å². The fourth-order valence-corrected chi connectivity index (χ4v) is 5.29. The van der Waals surface area contributed by atoms with Crippen molar-refractivity contribution in [2.24, 2.45) is 5.92 Å². The Morgan fingerprint density at radius 3 is 2.75 bits per heavy atom. The number of methoxy groups -OCH3 is 1. The van der Waals surface area contributed by atoms with E-state index in [0.717, 1.165) is 17.0 Å². The van der Waals surface area contributed by atoms with Gasteiger partial charge >= 0.3 is 0 Å². The van der Waals surface area contributed by atoms with E-state index in [1.807, 2.05) is 29.6 Å². The molecule has 1 aliphatic heterocycles. The number of nitrogens with zero attached hydrogens (tertiary/aromatic N) is 1. The molecule has 0 unspecified atom stereocenters. The number of sulfone groups is 1. The van der Waals surface area contributed by atoms with E-state index in [0.29, 0.717) is 11.6 Å². The molecule has 1 N–H and O–H groups in total. The average Bonchev–Trinajstić information content (AvgIpc) is 3.14. The number of hydrogen-bond acceptors (Lipinski definition) is 6. The number of ether oxygens (including phenoxy) is 1. The van der Waals surface area contributed by atoms with Crippen molar-refractivity contribution in [2.45, 2.75) is 12.8 Å². The highest BCUT2D eigenvalue weighted by Gasteiger charge is 2.29. The quantitative estimate of drug-likeness (QED) is 0.879. The molecule has 2 heterocycles. The van der Waals surface area contributed by atoms with Crippen LogP contribution >= 0.6 is 11.3 Å². The summed E-state index contributed by atoms with van der Waals surface area (Å²) in [7, 11) is -1.34. The SMILES string of the molecule is COc1ccc(-c2csc(NC(=O)C[C@@H]3CCS(=O)(=O)C3)n2)cc1. The van der Waals surface area contributed by atoms with Crippen molar-refractivity contribution >= 4 is 32.2 Å². The number of hydrogen-bond donors (Lipinski definition) is 1. The summed E-state index contributed by atoms with van der Waals surface area (Å²) in [5, 5.41) is 5.15. The topological polar surface area (TPSA) is 85.4 Å². The minimum absolute atomic E-state index is 0.0870. The third-order valence-electron chi connectivity index (χ3n) is 3.94. The van der Waals surface area contributed by atoms with Gasteiger partial charge in [0.25, 0.3) is 0 Å². The third-order valence-corrected chi connectivity index (χ3v) is 6.53. The molecule has 0 bridgehead atoms. The van der Waals surface area contributed by atoms with Gasteiger partial charge in [0.05, 0.1) is 24.3 Å². The minimum atomic E-state index is -2.95. The number of anilines is 1. The Balaban J connectivity index is 1.60. The number of carbonyl (C=O) groups excluding carboxylic acids is 1. The maximum atomic E-state index is 12.1. The van der Waals surface area contributed by atoms with Crippen LogP contribution in [0.4, 0.5) is 5.13 Å². The highest BCUT2D eigenvalue weighted by atomic mass is 32.2. The van der Waals surface area contributed by atoms with Crippen molar-refractivity contribution < 1.29 is 17.9 Å². The number of rotatable bonds is 5. The molecule has 2 aromatic rings. The van der Waals surface area contributed by atoms with E-state index in [1.54, 1.807) is 7.11 Å². The van der Waals surface area contributed by atoms with Gasteiger partial charge in [-0.15, -0.1) is 11.3 Å². The lowest BCUT2D eigenvalue weighted by Crippen LogP contribution is -2.17. The van der Waals surface area contributed by atoms with Crippen molar-refractivity contribution in [1.29, 1.82) is 0 Å². The van der Waals surface area contributed by atoms with Crippen LogP contribution in [0, 0.1) is 5.92 Å². The minimum Gasteiger partial charge on any atom is -0.497 e. The Morgan fingerprint density at radius 1 is 1.38 bits per heavy atom. The Kier molecular flexibility index (Phi) is 4.86. The Bertz CT molecular complexity index is 828. The van der Waals surface area contributed by atoms with Crippen LogP contribution in [-0.2, 0) is 14.6 Å². The molecule has 128 valence electrons. The van der Waals surface area contributed by atoms with E-state index < -0.39 is 9.84 Å². The normalized spacial score (nSPS) is 19.1. The molecule has 1 fully saturated rings. The monoisotopic (exact) mass is 366 g/mol. The van der Waals surface area contributed by atoms with E-state index in [9.17, 15) is 13.2 Å². The van der Waals surface area contributed by atoms with E-state index in [4.69, 9.17) is 4.74 Å². The van der Waals surface area contributed by atoms with Gasteiger partial charge in [-0.05, 0) is 36.6 Å². The van der Waals surface area contributed by atoms with E-state index >= 15 is 0 Å². The van der Waals surface area contributed by atoms with Gasteiger partial charge < -0.3 is 10.1 Å². The Hall–Kier alpha value is -1.93. The van der Waals surface area contributed by atoms with Crippen LogP contribution in [-0.4, -0.2) is 37.9 Å². The molecule has 24 heavy (non-hydrogen) atoms. The van der Waals surface area contributed by atoms with Crippen molar-refractivity contribution in [2.75, 3.05) is 23.9 Å². The zero-order chi connectivity index (χ0) is 17.2. The standard InChI is InChI=1S/C16H18N2O4S2/c1-22-13-4-2-12(3-5-13)14-9-23-16(17-14)18-15(19)8-11-6-7-24(20,21)10-11/h2-5,9,11H,6-8,10H2,1H3,(H,17,18,19)/t11-/m0/s1. The molecular formula is C16H18N2O4S2. The maximum Gasteiger partial charge on any atom is 0.226 e. The number of thiazole rings is 1. The van der Waals surface area contributed by atoms with Gasteiger partial charge in [-0.25, -0.2) is 13.4 Å². The molecule has 0 aliphatic carbocycles. The number of aromatic nitrogens is 1. The summed E-state index contributed by atoms with van der Waals surface area (Å²) < 4.78 is 28.0. The van der Waals surface area contributed by atoms with Gasteiger partial charge in [-0.2, -0.15) is 0 Å². The lowest BCUT2D eigenvalue weighted by Gasteiger charge is -2.06. The predicted octanol–water partition coefficient (Wildman–Crippen LogP) is 2.58. The van der Waals surface area contributed by atoms with Crippen LogP contribution in [0.15, 0.2) is 29.6 Å². The molecule has 1 saturated heterocycles. The van der Waals surface area contributed by atoms with Crippen molar-refractivity contribution in [3.8, 4) is 17.0 Å². The van der Waals surface area contributed by atoms with E-state index in [2.05, 4.69) is 10.3 Å². The zero-order valence-electron chi connectivity index (χ0n) is 13.2. The second-order valence-electron chi connectivity index (χ2n) is 5.79. The predicted molar refractivity (Wildman–Crippen MR) is 94.1 cm³/mol. The van der Waals surface area contributed by atoms with Crippen LogP contribution in [0.5, 0.6) is 5.75 Å². The first-order valence-electron chi connectivity index (χ1n) is 7.55. The molecule has 1 atom stereocenters. The van der Waals surface area contributed by atoms with Crippen LogP contribution in [0.2, 0.25) is 0 Å². The number of benzene rings is 1. The summed E-state index contributed by atoms with van der Waals surface area (Å²) in [5.41, 5.74) is 1.72. The van der Waals surface area contributed by atoms with Crippen LogP contribution < -0.4 is 10.1 Å². The van der Waals surface area contributed by atoms with Crippen molar-refractivity contribution in [3.05, 3.63) is 29.6 Å². The molecule has 8 heteroatoms. The summed E-state index contributed by atoms with van der Waals surface area (Å²) in [4.78, 5) is 16.5.